The molecule has 1 aliphatic rings. The number of nitrogens with zero attached hydrogens (tertiary/aromatic N) is 2. The van der Waals surface area contributed by atoms with Gasteiger partial charge in [-0.25, -0.2) is 4.79 Å². The molecule has 0 bridgehead atoms. The molecule has 0 aliphatic carbocycles. The largest absolute Gasteiger partial charge is 0.465 e. The standard InChI is InChI=1S/C14H20IN3O3/c1-14(2,3)18(13(20)21)5-4-10-7-16-12(19)11-6-9(15)8-17(10)11/h6,8,10H,4-5,7H2,1-3H3,(H,16,19)(H,20,21). The number of rotatable bonds is 3. The second-order valence-electron chi connectivity index (χ2n) is 6.21. The average molecular weight is 405 g/mol. The van der Waals surface area contributed by atoms with Crippen LogP contribution in [0.5, 0.6) is 0 Å². The maximum absolute atomic E-state index is 11.8. The maximum Gasteiger partial charge on any atom is 0.407 e. The van der Waals surface area contributed by atoms with E-state index in [4.69, 9.17) is 0 Å². The van der Waals surface area contributed by atoms with Gasteiger partial charge in [0.15, 0.2) is 0 Å². The quantitative estimate of drug-likeness (QED) is 0.760. The first-order chi connectivity index (χ1) is 9.70. The zero-order chi connectivity index (χ0) is 15.8. The molecule has 1 aromatic rings. The summed E-state index contributed by atoms with van der Waals surface area (Å²) in [5.41, 5.74) is 0.214. The Bertz CT molecular complexity index is 562. The number of fused-ring (bicyclic) bond motifs is 1. The number of hydrogen-bond donors (Lipinski definition) is 2. The minimum Gasteiger partial charge on any atom is -0.465 e. The van der Waals surface area contributed by atoms with E-state index in [0.29, 0.717) is 25.2 Å². The summed E-state index contributed by atoms with van der Waals surface area (Å²) in [4.78, 5) is 24.6. The van der Waals surface area contributed by atoms with E-state index in [9.17, 15) is 14.7 Å². The Labute approximate surface area is 137 Å². The van der Waals surface area contributed by atoms with Crippen molar-refractivity contribution in [1.29, 1.82) is 0 Å². The highest BCUT2D eigenvalue weighted by atomic mass is 127. The van der Waals surface area contributed by atoms with Crippen molar-refractivity contribution in [3.8, 4) is 0 Å². The van der Waals surface area contributed by atoms with Crippen LogP contribution in [0.2, 0.25) is 0 Å². The zero-order valence-corrected chi connectivity index (χ0v) is 14.5. The molecule has 2 heterocycles. The Balaban J connectivity index is 2.12. The number of carbonyl (C=O) groups excluding carboxylic acids is 1. The maximum atomic E-state index is 11.8. The number of halogens is 1. The fraction of sp³-hybridized carbons (Fsp3) is 0.571. The van der Waals surface area contributed by atoms with Crippen LogP contribution in [-0.4, -0.2) is 45.2 Å². The topological polar surface area (TPSA) is 74.6 Å². The van der Waals surface area contributed by atoms with Crippen molar-refractivity contribution in [3.05, 3.63) is 21.5 Å². The van der Waals surface area contributed by atoms with Gasteiger partial charge in [-0.2, -0.15) is 0 Å². The molecule has 0 radical (unpaired) electrons. The molecule has 21 heavy (non-hydrogen) atoms. The Morgan fingerprint density at radius 1 is 1.57 bits per heavy atom. The van der Waals surface area contributed by atoms with Gasteiger partial charge in [-0.1, -0.05) is 0 Å². The van der Waals surface area contributed by atoms with Gasteiger partial charge in [0.25, 0.3) is 5.91 Å². The smallest absolute Gasteiger partial charge is 0.407 e. The van der Waals surface area contributed by atoms with Crippen LogP contribution < -0.4 is 5.32 Å². The first-order valence-corrected chi connectivity index (χ1v) is 7.94. The van der Waals surface area contributed by atoms with Gasteiger partial charge in [0.05, 0.1) is 6.04 Å². The fourth-order valence-electron chi connectivity index (χ4n) is 2.57. The molecule has 6 nitrogen and oxygen atoms in total. The van der Waals surface area contributed by atoms with E-state index in [-0.39, 0.29) is 11.9 Å². The van der Waals surface area contributed by atoms with E-state index in [1.165, 1.54) is 4.90 Å². The molecular formula is C14H20IN3O3. The highest BCUT2D eigenvalue weighted by molar-refractivity contribution is 14.1. The lowest BCUT2D eigenvalue weighted by Gasteiger charge is -2.35. The molecule has 0 fully saturated rings. The SMILES string of the molecule is CC(C)(C)N(CCC1CNC(=O)c2cc(I)cn21)C(=O)O. The van der Waals surface area contributed by atoms with Crippen molar-refractivity contribution in [2.75, 3.05) is 13.1 Å². The number of amides is 2. The van der Waals surface area contributed by atoms with Crippen LogP contribution in [0.3, 0.4) is 0 Å². The number of aromatic nitrogens is 1. The monoisotopic (exact) mass is 405 g/mol. The molecule has 116 valence electrons. The molecule has 1 aliphatic heterocycles. The van der Waals surface area contributed by atoms with Crippen LogP contribution in [0.4, 0.5) is 4.79 Å². The molecule has 0 aromatic carbocycles. The Hall–Kier alpha value is -1.25. The molecule has 1 atom stereocenters. The molecule has 1 aromatic heterocycles. The fourth-order valence-corrected chi connectivity index (χ4v) is 3.16. The summed E-state index contributed by atoms with van der Waals surface area (Å²) in [6, 6.07) is 1.94. The van der Waals surface area contributed by atoms with Crippen LogP contribution in [0, 0.1) is 3.57 Å². The first kappa shape index (κ1) is 16.1. The third-order valence-electron chi connectivity index (χ3n) is 3.67. The molecule has 2 amide bonds. The lowest BCUT2D eigenvalue weighted by Crippen LogP contribution is -2.47. The minimum atomic E-state index is -0.912. The van der Waals surface area contributed by atoms with Crippen molar-refractivity contribution in [2.45, 2.75) is 38.8 Å². The summed E-state index contributed by atoms with van der Waals surface area (Å²) in [7, 11) is 0. The van der Waals surface area contributed by atoms with Crippen LogP contribution in [0.1, 0.15) is 43.7 Å². The number of hydrogen-bond acceptors (Lipinski definition) is 2. The molecule has 0 saturated carbocycles. The minimum absolute atomic E-state index is 0.0694. The van der Waals surface area contributed by atoms with Gasteiger partial charge in [0.1, 0.15) is 5.69 Å². The van der Waals surface area contributed by atoms with E-state index in [1.54, 1.807) is 0 Å². The predicted molar refractivity (Wildman–Crippen MR) is 87.6 cm³/mol. The summed E-state index contributed by atoms with van der Waals surface area (Å²) >= 11 is 2.18. The van der Waals surface area contributed by atoms with E-state index < -0.39 is 11.6 Å². The second-order valence-corrected chi connectivity index (χ2v) is 7.45. The number of nitrogens with one attached hydrogen (secondary N) is 1. The van der Waals surface area contributed by atoms with E-state index in [2.05, 4.69) is 27.9 Å². The lowest BCUT2D eigenvalue weighted by atomic mass is 10.0. The van der Waals surface area contributed by atoms with Crippen LogP contribution in [0.25, 0.3) is 0 Å². The third kappa shape index (κ3) is 3.50. The molecule has 1 unspecified atom stereocenters. The van der Waals surface area contributed by atoms with Crippen molar-refractivity contribution in [1.82, 2.24) is 14.8 Å². The normalized spacial score (nSPS) is 18.1. The Kier molecular flexibility index (Phi) is 4.50. The summed E-state index contributed by atoms with van der Waals surface area (Å²) in [6.45, 7) is 6.62. The molecule has 7 heteroatoms. The van der Waals surface area contributed by atoms with Crippen LogP contribution in [-0.2, 0) is 0 Å². The average Bonchev–Trinajstić information content (AvgIpc) is 2.72. The van der Waals surface area contributed by atoms with Crippen molar-refractivity contribution >= 4 is 34.6 Å². The van der Waals surface area contributed by atoms with E-state index >= 15 is 0 Å². The van der Waals surface area contributed by atoms with Gasteiger partial charge in [-0.15, -0.1) is 0 Å². The summed E-state index contributed by atoms with van der Waals surface area (Å²) in [6.07, 6.45) is 1.70. The molecule has 2 rings (SSSR count). The van der Waals surface area contributed by atoms with Crippen molar-refractivity contribution in [3.63, 3.8) is 0 Å². The second kappa shape index (κ2) is 5.86. The van der Waals surface area contributed by atoms with Crippen molar-refractivity contribution < 1.29 is 14.7 Å². The summed E-state index contributed by atoms with van der Waals surface area (Å²) < 4.78 is 2.97. The lowest BCUT2D eigenvalue weighted by molar-refractivity contribution is 0.0867. The first-order valence-electron chi connectivity index (χ1n) is 6.86. The van der Waals surface area contributed by atoms with E-state index in [0.717, 1.165) is 3.57 Å². The van der Waals surface area contributed by atoms with Gasteiger partial charge in [-0.3, -0.25) is 4.79 Å². The predicted octanol–water partition coefficient (Wildman–Crippen LogP) is 2.55. The van der Waals surface area contributed by atoms with Gasteiger partial charge in [0, 0.05) is 28.4 Å². The highest BCUT2D eigenvalue weighted by Crippen LogP contribution is 2.24. The molecule has 0 saturated heterocycles. The van der Waals surface area contributed by atoms with Gasteiger partial charge >= 0.3 is 6.09 Å². The van der Waals surface area contributed by atoms with Gasteiger partial charge in [0.2, 0.25) is 0 Å². The number of carbonyl (C=O) groups is 2. The van der Waals surface area contributed by atoms with Crippen LogP contribution in [0.15, 0.2) is 12.3 Å². The summed E-state index contributed by atoms with van der Waals surface area (Å²) in [5, 5.41) is 12.2. The summed E-state index contributed by atoms with van der Waals surface area (Å²) in [5.74, 6) is -0.0694. The van der Waals surface area contributed by atoms with Crippen LogP contribution >= 0.6 is 22.6 Å². The zero-order valence-electron chi connectivity index (χ0n) is 12.4. The molecule has 2 N–H and O–H groups in total. The molecule has 0 spiro atoms. The van der Waals surface area contributed by atoms with Crippen molar-refractivity contribution in [2.24, 2.45) is 0 Å². The van der Waals surface area contributed by atoms with E-state index in [1.807, 2.05) is 37.6 Å². The highest BCUT2D eigenvalue weighted by Gasteiger charge is 2.29. The van der Waals surface area contributed by atoms with Gasteiger partial charge in [-0.05, 0) is 55.8 Å². The molecular weight excluding hydrogens is 385 g/mol. The Morgan fingerprint density at radius 2 is 2.24 bits per heavy atom. The Morgan fingerprint density at radius 3 is 2.81 bits per heavy atom. The third-order valence-corrected chi connectivity index (χ3v) is 4.26. The number of carboxylic acid groups (broad SMARTS) is 1. The van der Waals surface area contributed by atoms with Gasteiger partial charge < -0.3 is 19.9 Å².